The van der Waals surface area contributed by atoms with Gasteiger partial charge in [-0.15, -0.1) is 0 Å². The Hall–Kier alpha value is -4.00. The number of rotatable bonds is 6. The number of likely N-dealkylation sites (N-methyl/N-ethyl adjacent to an activating group) is 1. The molecule has 2 N–H and O–H groups in total. The van der Waals surface area contributed by atoms with Crippen LogP contribution < -0.4 is 25.3 Å². The lowest BCUT2D eigenvalue weighted by atomic mass is 10.2. The minimum Gasteiger partial charge on any atom is -0.371 e. The molecule has 4 bridgehead atoms. The zero-order valence-corrected chi connectivity index (χ0v) is 25.8. The summed E-state index contributed by atoms with van der Waals surface area (Å²) in [7, 11) is 2.15. The lowest BCUT2D eigenvalue weighted by Gasteiger charge is -2.34. The molecule has 6 heterocycles. The zero-order chi connectivity index (χ0) is 30.3. The quantitative estimate of drug-likeness (QED) is 0.428. The predicted octanol–water partition coefficient (Wildman–Crippen LogP) is 3.67. The van der Waals surface area contributed by atoms with Crippen molar-refractivity contribution in [1.29, 1.82) is 0 Å². The standard InChI is InChI=1S/C33H41N9O3/c1-39-14-16-40(17-15-39)25-8-6-24(7-9-25)35-33(43)34-23-4-2-22(3-5-23)30-36-31(41-18-26-10-11-27(19-41)44-26)38-32(37-30)42-20-28-12-13-29(21-42)45-28/h2-9,26-29H,10-21H2,1H3,(H2,34,35,43)/t26-,27+,28?,29?. The lowest BCUT2D eigenvalue weighted by Crippen LogP contribution is -2.45. The molecule has 0 saturated carbocycles. The SMILES string of the molecule is CN1CCN(c2ccc(NC(=O)Nc3ccc(-c4nc(N5CC6CCC(C5)O6)nc(N5C[C@H]6CC[C@@H](C5)O6)n4)cc3)cc2)CC1. The molecule has 4 atom stereocenters. The van der Waals surface area contributed by atoms with E-state index in [9.17, 15) is 4.79 Å². The van der Waals surface area contributed by atoms with E-state index in [4.69, 9.17) is 24.4 Å². The average molecular weight is 612 g/mol. The van der Waals surface area contributed by atoms with Gasteiger partial charge < -0.3 is 39.7 Å². The van der Waals surface area contributed by atoms with Crippen LogP contribution in [0.2, 0.25) is 0 Å². The van der Waals surface area contributed by atoms with Crippen LogP contribution in [0.1, 0.15) is 25.7 Å². The van der Waals surface area contributed by atoms with Gasteiger partial charge in [0.15, 0.2) is 5.82 Å². The summed E-state index contributed by atoms with van der Waals surface area (Å²) in [5, 5.41) is 5.89. The van der Waals surface area contributed by atoms with E-state index >= 15 is 0 Å². The highest BCUT2D eigenvalue weighted by Gasteiger charge is 2.37. The molecule has 12 heteroatoms. The van der Waals surface area contributed by atoms with Crippen molar-refractivity contribution in [2.45, 2.75) is 50.1 Å². The van der Waals surface area contributed by atoms with Crippen LogP contribution in [0.4, 0.5) is 33.8 Å². The van der Waals surface area contributed by atoms with Crippen molar-refractivity contribution in [3.05, 3.63) is 48.5 Å². The van der Waals surface area contributed by atoms with Crippen LogP contribution in [0.15, 0.2) is 48.5 Å². The van der Waals surface area contributed by atoms with Gasteiger partial charge >= 0.3 is 6.03 Å². The predicted molar refractivity (Wildman–Crippen MR) is 174 cm³/mol. The normalized spacial score (nSPS) is 26.3. The van der Waals surface area contributed by atoms with Gasteiger partial charge in [-0.2, -0.15) is 15.0 Å². The smallest absolute Gasteiger partial charge is 0.323 e. The van der Waals surface area contributed by atoms with Gasteiger partial charge in [-0.1, -0.05) is 0 Å². The first-order chi connectivity index (χ1) is 22.0. The molecule has 3 aromatic rings. The Kier molecular flexibility index (Phi) is 7.64. The molecule has 2 aromatic carbocycles. The number of carbonyl (C=O) groups is 1. The highest BCUT2D eigenvalue weighted by Crippen LogP contribution is 2.32. The first kappa shape index (κ1) is 28.5. The molecule has 8 rings (SSSR count). The topological polar surface area (TPSA) is 111 Å². The second kappa shape index (κ2) is 12.1. The van der Waals surface area contributed by atoms with E-state index in [1.54, 1.807) is 0 Å². The molecule has 236 valence electrons. The number of nitrogens with zero attached hydrogens (tertiary/aromatic N) is 7. The number of piperazine rings is 1. The van der Waals surface area contributed by atoms with E-state index in [0.29, 0.717) is 23.4 Å². The summed E-state index contributed by atoms with van der Waals surface area (Å²) in [4.78, 5) is 36.9. The molecule has 2 unspecified atom stereocenters. The van der Waals surface area contributed by atoms with Crippen molar-refractivity contribution < 1.29 is 14.3 Å². The maximum atomic E-state index is 12.8. The molecule has 0 radical (unpaired) electrons. The zero-order valence-electron chi connectivity index (χ0n) is 25.8. The molecule has 5 aliphatic heterocycles. The number of carbonyl (C=O) groups excluding carboxylic acids is 1. The first-order valence-electron chi connectivity index (χ1n) is 16.3. The summed E-state index contributed by atoms with van der Waals surface area (Å²) in [6, 6.07) is 15.4. The van der Waals surface area contributed by atoms with E-state index in [1.807, 2.05) is 36.4 Å². The van der Waals surface area contributed by atoms with Crippen molar-refractivity contribution in [1.82, 2.24) is 19.9 Å². The fraction of sp³-hybridized carbons (Fsp3) is 0.515. The van der Waals surface area contributed by atoms with Crippen LogP contribution in [0.5, 0.6) is 0 Å². The summed E-state index contributed by atoms with van der Waals surface area (Å²) in [6.07, 6.45) is 5.28. The van der Waals surface area contributed by atoms with Gasteiger partial charge in [0, 0.05) is 75.0 Å². The Morgan fingerprint density at radius 1 is 0.644 bits per heavy atom. The van der Waals surface area contributed by atoms with Crippen LogP contribution in [-0.2, 0) is 9.47 Å². The van der Waals surface area contributed by atoms with Gasteiger partial charge in [0.25, 0.3) is 0 Å². The third kappa shape index (κ3) is 6.27. The van der Waals surface area contributed by atoms with Crippen LogP contribution in [-0.4, -0.2) is 110 Å². The number of aromatic nitrogens is 3. The number of benzene rings is 2. The van der Waals surface area contributed by atoms with E-state index in [1.165, 1.54) is 5.69 Å². The van der Waals surface area contributed by atoms with E-state index in [-0.39, 0.29) is 30.4 Å². The van der Waals surface area contributed by atoms with Gasteiger partial charge in [0.05, 0.1) is 24.4 Å². The number of anilines is 5. The van der Waals surface area contributed by atoms with Crippen LogP contribution in [0.3, 0.4) is 0 Å². The number of hydrogen-bond acceptors (Lipinski definition) is 10. The number of morpholine rings is 2. The summed E-state index contributed by atoms with van der Waals surface area (Å²) in [5.74, 6) is 2.03. The molecule has 1 aromatic heterocycles. The third-order valence-corrected chi connectivity index (χ3v) is 9.66. The summed E-state index contributed by atoms with van der Waals surface area (Å²) in [6.45, 7) is 7.31. The van der Waals surface area contributed by atoms with Gasteiger partial charge in [0.1, 0.15) is 0 Å². The average Bonchev–Trinajstić information content (AvgIpc) is 3.59. The molecular weight excluding hydrogens is 570 g/mol. The molecule has 2 amide bonds. The van der Waals surface area contributed by atoms with Crippen molar-refractivity contribution in [2.24, 2.45) is 0 Å². The van der Waals surface area contributed by atoms with Gasteiger partial charge in [-0.25, -0.2) is 4.79 Å². The Morgan fingerprint density at radius 2 is 1.11 bits per heavy atom. The van der Waals surface area contributed by atoms with E-state index in [0.717, 1.165) is 89.3 Å². The monoisotopic (exact) mass is 611 g/mol. The van der Waals surface area contributed by atoms with Crippen LogP contribution in [0.25, 0.3) is 11.4 Å². The number of nitrogens with one attached hydrogen (secondary N) is 2. The fourth-order valence-corrected chi connectivity index (χ4v) is 7.14. The minimum absolute atomic E-state index is 0.234. The number of fused-ring (bicyclic) bond motifs is 4. The maximum absolute atomic E-state index is 12.8. The maximum Gasteiger partial charge on any atom is 0.323 e. The number of urea groups is 1. The van der Waals surface area contributed by atoms with Crippen LogP contribution >= 0.6 is 0 Å². The molecule has 12 nitrogen and oxygen atoms in total. The minimum atomic E-state index is -0.288. The number of ether oxygens (including phenoxy) is 2. The second-order valence-corrected chi connectivity index (χ2v) is 13.0. The molecular formula is C33H41N9O3. The van der Waals surface area contributed by atoms with Gasteiger partial charge in [0.2, 0.25) is 11.9 Å². The van der Waals surface area contributed by atoms with Crippen LogP contribution in [0, 0.1) is 0 Å². The van der Waals surface area contributed by atoms with E-state index in [2.05, 4.69) is 49.4 Å². The van der Waals surface area contributed by atoms with Gasteiger partial charge in [-0.3, -0.25) is 0 Å². The van der Waals surface area contributed by atoms with Crippen molar-refractivity contribution in [3.8, 4) is 11.4 Å². The van der Waals surface area contributed by atoms with Crippen molar-refractivity contribution >= 4 is 35.0 Å². The Labute approximate surface area is 263 Å². The van der Waals surface area contributed by atoms with Gasteiger partial charge in [-0.05, 0) is 81.3 Å². The third-order valence-electron chi connectivity index (χ3n) is 9.66. The summed E-state index contributed by atoms with van der Waals surface area (Å²) in [5.41, 5.74) is 3.49. The van der Waals surface area contributed by atoms with E-state index < -0.39 is 0 Å². The highest BCUT2D eigenvalue weighted by atomic mass is 16.5. The highest BCUT2D eigenvalue weighted by molar-refractivity contribution is 5.99. The Morgan fingerprint density at radius 3 is 1.60 bits per heavy atom. The molecule has 0 aliphatic carbocycles. The molecule has 5 fully saturated rings. The fourth-order valence-electron chi connectivity index (χ4n) is 7.14. The first-order valence-corrected chi connectivity index (χ1v) is 16.3. The Bertz CT molecular complexity index is 1440. The molecule has 5 saturated heterocycles. The largest absolute Gasteiger partial charge is 0.371 e. The molecule has 0 spiro atoms. The summed E-state index contributed by atoms with van der Waals surface area (Å²) < 4.78 is 12.2. The second-order valence-electron chi connectivity index (χ2n) is 13.0. The Balaban J connectivity index is 0.960. The molecule has 5 aliphatic rings. The summed E-state index contributed by atoms with van der Waals surface area (Å²) >= 11 is 0. The number of amides is 2. The lowest BCUT2D eigenvalue weighted by molar-refractivity contribution is 0.0293. The number of hydrogen-bond donors (Lipinski definition) is 2. The van der Waals surface area contributed by atoms with Crippen molar-refractivity contribution in [2.75, 3.05) is 84.7 Å². The molecule has 45 heavy (non-hydrogen) atoms. The van der Waals surface area contributed by atoms with Crippen molar-refractivity contribution in [3.63, 3.8) is 0 Å².